The minimum absolute atomic E-state index is 0.140. The van der Waals surface area contributed by atoms with E-state index in [0.717, 1.165) is 0 Å². The monoisotopic (exact) mass is 308 g/mol. The van der Waals surface area contributed by atoms with Gasteiger partial charge in [0, 0.05) is 30.6 Å². The number of rotatable bonds is 2. The van der Waals surface area contributed by atoms with Gasteiger partial charge in [-0.05, 0) is 12.1 Å². The second-order valence-corrected chi connectivity index (χ2v) is 7.21. The molecule has 2 unspecified atom stereocenters. The molecule has 1 aliphatic heterocycles. The molecule has 5 nitrogen and oxygen atoms in total. The van der Waals surface area contributed by atoms with Gasteiger partial charge in [-0.1, -0.05) is 26.0 Å². The van der Waals surface area contributed by atoms with Crippen molar-refractivity contribution < 1.29 is 14.7 Å². The summed E-state index contributed by atoms with van der Waals surface area (Å²) in [5.41, 5.74) is 0.564. The molecule has 114 valence electrons. The van der Waals surface area contributed by atoms with E-state index in [4.69, 9.17) is 0 Å². The van der Waals surface area contributed by atoms with E-state index in [2.05, 4.69) is 13.8 Å². The molecule has 2 rings (SSSR count). The largest absolute Gasteiger partial charge is 0.478 e. The predicted molar refractivity (Wildman–Crippen MR) is 85.3 cm³/mol. The van der Waals surface area contributed by atoms with Crippen molar-refractivity contribution in [2.24, 2.45) is 0 Å². The van der Waals surface area contributed by atoms with Crippen LogP contribution in [0.4, 0.5) is 10.5 Å². The number of amides is 2. The first kappa shape index (κ1) is 15.7. The smallest absolute Gasteiger partial charge is 0.337 e. The fourth-order valence-corrected chi connectivity index (χ4v) is 3.92. The van der Waals surface area contributed by atoms with Crippen LogP contribution in [-0.2, 0) is 0 Å². The maximum absolute atomic E-state index is 12.6. The normalized spacial score (nSPS) is 22.0. The second-order valence-electron chi connectivity index (χ2n) is 5.33. The van der Waals surface area contributed by atoms with E-state index < -0.39 is 5.97 Å². The van der Waals surface area contributed by atoms with Gasteiger partial charge in [-0.3, -0.25) is 4.90 Å². The standard InChI is InChI=1S/C15H20N2O3S/c1-10-8-17(9-11(2)21-10)15(20)16(3)13-7-5-4-6-12(13)14(18)19/h4-7,10-11H,8-9H2,1-3H3,(H,18,19). The number of carbonyl (C=O) groups excluding carboxylic acids is 1. The molecule has 1 aromatic carbocycles. The van der Waals surface area contributed by atoms with Crippen LogP contribution < -0.4 is 4.90 Å². The van der Waals surface area contributed by atoms with Crippen LogP contribution in [0.15, 0.2) is 24.3 Å². The predicted octanol–water partition coefficient (Wildman–Crippen LogP) is 2.77. The lowest BCUT2D eigenvalue weighted by Crippen LogP contribution is -2.49. The van der Waals surface area contributed by atoms with Crippen molar-refractivity contribution in [3.8, 4) is 0 Å². The van der Waals surface area contributed by atoms with Crippen LogP contribution in [0.3, 0.4) is 0 Å². The van der Waals surface area contributed by atoms with Gasteiger partial charge in [0.25, 0.3) is 0 Å². The van der Waals surface area contributed by atoms with E-state index >= 15 is 0 Å². The number of aromatic carboxylic acids is 1. The quantitative estimate of drug-likeness (QED) is 0.912. The third-order valence-electron chi connectivity index (χ3n) is 3.47. The number of benzene rings is 1. The van der Waals surface area contributed by atoms with E-state index in [1.54, 1.807) is 30.1 Å². The third-order valence-corrected chi connectivity index (χ3v) is 4.70. The van der Waals surface area contributed by atoms with Crippen molar-refractivity contribution in [2.75, 3.05) is 25.0 Å². The highest BCUT2D eigenvalue weighted by Gasteiger charge is 2.29. The summed E-state index contributed by atoms with van der Waals surface area (Å²) in [6.45, 7) is 5.58. The lowest BCUT2D eigenvalue weighted by atomic mass is 10.1. The molecule has 0 saturated carbocycles. The van der Waals surface area contributed by atoms with Crippen molar-refractivity contribution in [3.05, 3.63) is 29.8 Å². The Morgan fingerprint density at radius 3 is 2.38 bits per heavy atom. The summed E-state index contributed by atoms with van der Waals surface area (Å²) >= 11 is 1.87. The van der Waals surface area contributed by atoms with E-state index in [0.29, 0.717) is 29.3 Å². The molecule has 0 bridgehead atoms. The van der Waals surface area contributed by atoms with Gasteiger partial charge < -0.3 is 10.0 Å². The highest BCUT2D eigenvalue weighted by molar-refractivity contribution is 8.00. The summed E-state index contributed by atoms with van der Waals surface area (Å²) in [5, 5.41) is 10.0. The molecule has 1 heterocycles. The number of nitrogens with zero attached hydrogens (tertiary/aromatic N) is 2. The maximum Gasteiger partial charge on any atom is 0.337 e. The van der Waals surface area contributed by atoms with Gasteiger partial charge in [-0.25, -0.2) is 9.59 Å². The summed E-state index contributed by atoms with van der Waals surface area (Å²) in [4.78, 5) is 27.1. The van der Waals surface area contributed by atoms with Crippen molar-refractivity contribution in [2.45, 2.75) is 24.3 Å². The molecular weight excluding hydrogens is 288 g/mol. The maximum atomic E-state index is 12.6. The first-order valence-corrected chi connectivity index (χ1v) is 7.85. The minimum Gasteiger partial charge on any atom is -0.478 e. The van der Waals surface area contributed by atoms with Crippen LogP contribution in [0.5, 0.6) is 0 Å². The molecule has 1 N–H and O–H groups in total. The van der Waals surface area contributed by atoms with Gasteiger partial charge in [-0.2, -0.15) is 11.8 Å². The average Bonchev–Trinajstić information content (AvgIpc) is 2.44. The molecule has 2 amide bonds. The number of hydrogen-bond donors (Lipinski definition) is 1. The summed E-state index contributed by atoms with van der Waals surface area (Å²) in [7, 11) is 1.63. The highest BCUT2D eigenvalue weighted by atomic mass is 32.2. The van der Waals surface area contributed by atoms with Gasteiger partial charge in [0.1, 0.15) is 0 Å². The van der Waals surface area contributed by atoms with Crippen LogP contribution in [0, 0.1) is 0 Å². The lowest BCUT2D eigenvalue weighted by molar-refractivity contribution is 0.0697. The number of carboxylic acid groups (broad SMARTS) is 1. The number of carbonyl (C=O) groups is 2. The van der Waals surface area contributed by atoms with Gasteiger partial charge in [0.15, 0.2) is 0 Å². The van der Waals surface area contributed by atoms with Gasteiger partial charge >= 0.3 is 12.0 Å². The molecular formula is C15H20N2O3S. The van der Waals surface area contributed by atoms with E-state index in [1.807, 2.05) is 11.8 Å². The fraction of sp³-hybridized carbons (Fsp3) is 0.467. The van der Waals surface area contributed by atoms with Crippen LogP contribution >= 0.6 is 11.8 Å². The van der Waals surface area contributed by atoms with E-state index in [1.165, 1.54) is 11.0 Å². The Balaban J connectivity index is 2.21. The highest BCUT2D eigenvalue weighted by Crippen LogP contribution is 2.27. The molecule has 1 aromatic rings. The topological polar surface area (TPSA) is 60.9 Å². The molecule has 0 radical (unpaired) electrons. The molecule has 0 spiro atoms. The first-order valence-electron chi connectivity index (χ1n) is 6.90. The molecule has 1 saturated heterocycles. The molecule has 0 aliphatic carbocycles. The number of hydrogen-bond acceptors (Lipinski definition) is 3. The van der Waals surface area contributed by atoms with Crippen molar-refractivity contribution >= 4 is 29.4 Å². The van der Waals surface area contributed by atoms with E-state index in [9.17, 15) is 14.7 Å². The Kier molecular flexibility index (Phi) is 4.77. The van der Waals surface area contributed by atoms with Crippen LogP contribution in [0.25, 0.3) is 0 Å². The van der Waals surface area contributed by atoms with Crippen LogP contribution in [0.2, 0.25) is 0 Å². The Morgan fingerprint density at radius 2 is 1.81 bits per heavy atom. The van der Waals surface area contributed by atoms with Crippen molar-refractivity contribution in [3.63, 3.8) is 0 Å². The Bertz CT molecular complexity index is 539. The zero-order valence-corrected chi connectivity index (χ0v) is 13.3. The Morgan fingerprint density at radius 1 is 1.24 bits per heavy atom. The second kappa shape index (κ2) is 6.39. The molecule has 1 aliphatic rings. The number of thioether (sulfide) groups is 1. The number of anilines is 1. The van der Waals surface area contributed by atoms with Crippen molar-refractivity contribution in [1.29, 1.82) is 0 Å². The third kappa shape index (κ3) is 3.50. The zero-order chi connectivity index (χ0) is 15.6. The zero-order valence-electron chi connectivity index (χ0n) is 12.4. The number of urea groups is 1. The summed E-state index contributed by atoms with van der Waals surface area (Å²) in [6.07, 6.45) is 0. The molecule has 21 heavy (non-hydrogen) atoms. The van der Waals surface area contributed by atoms with Gasteiger partial charge in [0.2, 0.25) is 0 Å². The average molecular weight is 308 g/mol. The molecule has 2 atom stereocenters. The SMILES string of the molecule is CC1CN(C(=O)N(C)c2ccccc2C(=O)O)CC(C)S1. The summed E-state index contributed by atoms with van der Waals surface area (Å²) < 4.78 is 0. The van der Waals surface area contributed by atoms with Crippen LogP contribution in [0.1, 0.15) is 24.2 Å². The first-order chi connectivity index (χ1) is 9.90. The number of para-hydroxylation sites is 1. The Hall–Kier alpha value is -1.69. The number of carboxylic acids is 1. The molecule has 6 heteroatoms. The molecule has 1 fully saturated rings. The summed E-state index contributed by atoms with van der Waals surface area (Å²) in [6, 6.07) is 6.42. The summed E-state index contributed by atoms with van der Waals surface area (Å²) in [5.74, 6) is -1.03. The Labute approximate surface area is 128 Å². The van der Waals surface area contributed by atoms with E-state index in [-0.39, 0.29) is 11.6 Å². The van der Waals surface area contributed by atoms with Crippen LogP contribution in [-0.4, -0.2) is 52.6 Å². The van der Waals surface area contributed by atoms with Gasteiger partial charge in [0.05, 0.1) is 11.3 Å². The van der Waals surface area contributed by atoms with Crippen molar-refractivity contribution in [1.82, 2.24) is 4.90 Å². The minimum atomic E-state index is -1.03. The fourth-order valence-electron chi connectivity index (χ4n) is 2.60. The lowest BCUT2D eigenvalue weighted by Gasteiger charge is -2.37. The van der Waals surface area contributed by atoms with Gasteiger partial charge in [-0.15, -0.1) is 0 Å². The molecule has 0 aromatic heterocycles.